The van der Waals surface area contributed by atoms with E-state index in [1.165, 1.54) is 0 Å². The first-order chi connectivity index (χ1) is 7.29. The van der Waals surface area contributed by atoms with Gasteiger partial charge >= 0.3 is 0 Å². The van der Waals surface area contributed by atoms with Crippen molar-refractivity contribution in [2.24, 2.45) is 0 Å². The second-order valence-corrected chi connectivity index (χ2v) is 3.60. The summed E-state index contributed by atoms with van der Waals surface area (Å²) >= 11 is 1.85. The Labute approximate surface area is 102 Å². The summed E-state index contributed by atoms with van der Waals surface area (Å²) in [7, 11) is 0. The van der Waals surface area contributed by atoms with E-state index in [9.17, 15) is 5.11 Å². The van der Waals surface area contributed by atoms with Crippen molar-refractivity contribution in [3.8, 4) is 22.6 Å². The highest BCUT2D eigenvalue weighted by Crippen LogP contribution is 2.26. The van der Waals surface area contributed by atoms with E-state index in [1.807, 2.05) is 59.4 Å². The molecule has 0 heterocycles. The van der Waals surface area contributed by atoms with Gasteiger partial charge in [0.25, 0.3) is 0 Å². The standard InChI is InChI=1S/C12H9IO2/c13-15-12-6-2-4-10(8-12)9-3-1-5-11(14)7-9/h1-8,14H. The van der Waals surface area contributed by atoms with Crippen molar-refractivity contribution < 1.29 is 8.17 Å². The van der Waals surface area contributed by atoms with Gasteiger partial charge in [-0.05, 0) is 35.4 Å². The number of aromatic hydroxyl groups is 1. The van der Waals surface area contributed by atoms with Crippen LogP contribution in [0, 0.1) is 0 Å². The maximum atomic E-state index is 9.37. The number of rotatable bonds is 2. The number of halogens is 1. The number of phenolic OH excluding ortho intramolecular Hbond substituents is 1. The zero-order valence-corrected chi connectivity index (χ0v) is 10.0. The molecule has 0 aromatic heterocycles. The first-order valence-electron chi connectivity index (χ1n) is 4.47. The third-order valence-corrected chi connectivity index (χ3v) is 2.61. The lowest BCUT2D eigenvalue weighted by Crippen LogP contribution is -1.79. The zero-order valence-electron chi connectivity index (χ0n) is 7.85. The summed E-state index contributed by atoms with van der Waals surface area (Å²) in [5.74, 6) is 1.07. The summed E-state index contributed by atoms with van der Waals surface area (Å²) in [6.45, 7) is 0. The van der Waals surface area contributed by atoms with E-state index in [1.54, 1.807) is 12.1 Å². The summed E-state index contributed by atoms with van der Waals surface area (Å²) in [5, 5.41) is 9.37. The molecule has 0 amide bonds. The summed E-state index contributed by atoms with van der Waals surface area (Å²) < 4.78 is 5.11. The molecule has 0 radical (unpaired) electrons. The van der Waals surface area contributed by atoms with Gasteiger partial charge in [-0.1, -0.05) is 24.3 Å². The fourth-order valence-electron chi connectivity index (χ4n) is 1.41. The number of hydrogen-bond donors (Lipinski definition) is 1. The normalized spacial score (nSPS) is 9.93. The smallest absolute Gasteiger partial charge is 0.192 e. The van der Waals surface area contributed by atoms with Crippen LogP contribution < -0.4 is 3.07 Å². The van der Waals surface area contributed by atoms with Gasteiger partial charge in [0.15, 0.2) is 23.0 Å². The van der Waals surface area contributed by atoms with E-state index in [2.05, 4.69) is 0 Å². The van der Waals surface area contributed by atoms with E-state index >= 15 is 0 Å². The maximum absolute atomic E-state index is 9.37. The molecule has 2 aromatic carbocycles. The Balaban J connectivity index is 2.44. The van der Waals surface area contributed by atoms with Crippen LogP contribution in [-0.4, -0.2) is 5.11 Å². The topological polar surface area (TPSA) is 29.5 Å². The Morgan fingerprint density at radius 3 is 2.27 bits per heavy atom. The van der Waals surface area contributed by atoms with Crippen molar-refractivity contribution >= 4 is 23.0 Å². The molecule has 15 heavy (non-hydrogen) atoms. The Bertz CT molecular complexity index is 469. The Hall–Kier alpha value is -1.23. The average Bonchev–Trinajstić information content (AvgIpc) is 2.29. The van der Waals surface area contributed by atoms with Crippen molar-refractivity contribution in [1.29, 1.82) is 0 Å². The molecule has 0 fully saturated rings. The molecule has 0 bridgehead atoms. The van der Waals surface area contributed by atoms with Gasteiger partial charge in [0.1, 0.15) is 11.5 Å². The maximum Gasteiger partial charge on any atom is 0.192 e. The molecule has 2 nitrogen and oxygen atoms in total. The molecule has 3 heteroatoms. The van der Waals surface area contributed by atoms with Gasteiger partial charge in [-0.3, -0.25) is 0 Å². The summed E-state index contributed by atoms with van der Waals surface area (Å²) in [6, 6.07) is 14.9. The Morgan fingerprint density at radius 1 is 0.933 bits per heavy atom. The van der Waals surface area contributed by atoms with Crippen LogP contribution in [0.4, 0.5) is 0 Å². The van der Waals surface area contributed by atoms with Crippen molar-refractivity contribution in [3.05, 3.63) is 48.5 Å². The van der Waals surface area contributed by atoms with Gasteiger partial charge in [0.2, 0.25) is 0 Å². The molecular formula is C12H9IO2. The van der Waals surface area contributed by atoms with Gasteiger partial charge in [0.05, 0.1) is 0 Å². The third-order valence-electron chi connectivity index (χ3n) is 2.10. The third kappa shape index (κ3) is 2.41. The Kier molecular flexibility index (Phi) is 3.11. The summed E-state index contributed by atoms with van der Waals surface area (Å²) in [6.07, 6.45) is 0. The van der Waals surface area contributed by atoms with E-state index < -0.39 is 0 Å². The van der Waals surface area contributed by atoms with E-state index in [0.29, 0.717) is 0 Å². The molecule has 0 spiro atoms. The second kappa shape index (κ2) is 4.53. The molecule has 0 saturated heterocycles. The minimum absolute atomic E-state index is 0.272. The van der Waals surface area contributed by atoms with Crippen LogP contribution in [0.1, 0.15) is 0 Å². The molecule has 0 atom stereocenters. The zero-order chi connectivity index (χ0) is 10.7. The van der Waals surface area contributed by atoms with Gasteiger partial charge in [-0.2, -0.15) is 0 Å². The Morgan fingerprint density at radius 2 is 1.60 bits per heavy atom. The minimum atomic E-state index is 0.272. The van der Waals surface area contributed by atoms with Crippen molar-refractivity contribution in [3.63, 3.8) is 0 Å². The van der Waals surface area contributed by atoms with Gasteiger partial charge in [0, 0.05) is 0 Å². The molecule has 0 saturated carbocycles. The van der Waals surface area contributed by atoms with E-state index in [4.69, 9.17) is 3.07 Å². The van der Waals surface area contributed by atoms with Crippen LogP contribution in [0.2, 0.25) is 0 Å². The molecule has 0 aliphatic carbocycles. The van der Waals surface area contributed by atoms with Gasteiger partial charge in [-0.15, -0.1) is 0 Å². The second-order valence-electron chi connectivity index (χ2n) is 3.16. The molecule has 1 N–H and O–H groups in total. The van der Waals surface area contributed by atoms with Gasteiger partial charge in [-0.25, -0.2) is 0 Å². The lowest BCUT2D eigenvalue weighted by Gasteiger charge is -2.03. The molecule has 76 valence electrons. The first-order valence-corrected chi connectivity index (χ1v) is 5.36. The SMILES string of the molecule is Oc1cccc(-c2cccc(OI)c2)c1. The minimum Gasteiger partial charge on any atom is -0.508 e. The summed E-state index contributed by atoms with van der Waals surface area (Å²) in [5.41, 5.74) is 2.00. The lowest BCUT2D eigenvalue weighted by atomic mass is 10.1. The molecule has 2 aromatic rings. The quantitative estimate of drug-likeness (QED) is 0.855. The number of benzene rings is 2. The predicted octanol–water partition coefficient (Wildman–Crippen LogP) is 3.79. The number of phenols is 1. The summed E-state index contributed by atoms with van der Waals surface area (Å²) in [4.78, 5) is 0. The molecule has 0 aliphatic rings. The largest absolute Gasteiger partial charge is 0.508 e. The molecule has 0 unspecified atom stereocenters. The lowest BCUT2D eigenvalue weighted by molar-refractivity contribution is 0.475. The van der Waals surface area contributed by atoms with E-state index in [0.717, 1.165) is 16.9 Å². The van der Waals surface area contributed by atoms with Crippen molar-refractivity contribution in [1.82, 2.24) is 0 Å². The highest BCUT2D eigenvalue weighted by molar-refractivity contribution is 14.1. The monoisotopic (exact) mass is 312 g/mol. The average molecular weight is 312 g/mol. The van der Waals surface area contributed by atoms with Crippen LogP contribution in [0.15, 0.2) is 48.5 Å². The molecule has 2 rings (SSSR count). The fourth-order valence-corrected chi connectivity index (χ4v) is 1.68. The molecular weight excluding hydrogens is 303 g/mol. The van der Waals surface area contributed by atoms with Crippen LogP contribution >= 0.6 is 23.0 Å². The fraction of sp³-hybridized carbons (Fsp3) is 0. The van der Waals surface area contributed by atoms with Crippen LogP contribution in [0.3, 0.4) is 0 Å². The van der Waals surface area contributed by atoms with Crippen LogP contribution in [-0.2, 0) is 0 Å². The first kappa shape index (κ1) is 10.3. The van der Waals surface area contributed by atoms with E-state index in [-0.39, 0.29) is 5.75 Å². The molecule has 0 aliphatic heterocycles. The van der Waals surface area contributed by atoms with Crippen LogP contribution in [0.5, 0.6) is 11.5 Å². The van der Waals surface area contributed by atoms with Crippen molar-refractivity contribution in [2.75, 3.05) is 0 Å². The highest BCUT2D eigenvalue weighted by atomic mass is 127. The van der Waals surface area contributed by atoms with Gasteiger partial charge < -0.3 is 8.17 Å². The number of hydrogen-bond acceptors (Lipinski definition) is 2. The van der Waals surface area contributed by atoms with Crippen molar-refractivity contribution in [2.45, 2.75) is 0 Å². The predicted molar refractivity (Wildman–Crippen MR) is 68.2 cm³/mol. The highest BCUT2D eigenvalue weighted by Gasteiger charge is 2.00. The van der Waals surface area contributed by atoms with Crippen LogP contribution in [0.25, 0.3) is 11.1 Å².